The van der Waals surface area contributed by atoms with E-state index in [0.29, 0.717) is 0 Å². The quantitative estimate of drug-likeness (QED) is 0.846. The SMILES string of the molecule is CC[CH]c1ccc(S(=O)(=O)NC2CC2)nc1. The Morgan fingerprint density at radius 2 is 2.25 bits per heavy atom. The van der Waals surface area contributed by atoms with Crippen LogP contribution in [0.1, 0.15) is 31.7 Å². The van der Waals surface area contributed by atoms with E-state index in [-0.39, 0.29) is 11.1 Å². The molecular formula is C11H15N2O2S. The summed E-state index contributed by atoms with van der Waals surface area (Å²) in [6.07, 6.45) is 6.36. The van der Waals surface area contributed by atoms with E-state index in [1.807, 2.05) is 13.3 Å². The smallest absolute Gasteiger partial charge is 0.243 e. The summed E-state index contributed by atoms with van der Waals surface area (Å²) in [7, 11) is -3.40. The van der Waals surface area contributed by atoms with Gasteiger partial charge in [-0.1, -0.05) is 13.0 Å². The van der Waals surface area contributed by atoms with E-state index in [1.165, 1.54) is 0 Å². The van der Waals surface area contributed by atoms with Crippen LogP contribution in [0.3, 0.4) is 0 Å². The Kier molecular flexibility index (Phi) is 3.25. The zero-order valence-corrected chi connectivity index (χ0v) is 10.00. The third-order valence-corrected chi connectivity index (χ3v) is 3.81. The molecule has 0 spiro atoms. The molecule has 0 saturated heterocycles. The van der Waals surface area contributed by atoms with Crippen LogP contribution in [-0.4, -0.2) is 19.4 Å². The molecule has 4 nitrogen and oxygen atoms in total. The first kappa shape index (κ1) is 11.5. The van der Waals surface area contributed by atoms with Gasteiger partial charge >= 0.3 is 0 Å². The Hall–Kier alpha value is -0.940. The molecule has 1 aromatic heterocycles. The minimum atomic E-state index is -3.40. The van der Waals surface area contributed by atoms with Gasteiger partial charge in [-0.05, 0) is 37.3 Å². The maximum Gasteiger partial charge on any atom is 0.258 e. The lowest BCUT2D eigenvalue weighted by Crippen LogP contribution is -2.26. The van der Waals surface area contributed by atoms with Crippen LogP contribution in [0.15, 0.2) is 23.4 Å². The molecule has 1 aliphatic carbocycles. The van der Waals surface area contributed by atoms with Gasteiger partial charge in [-0.3, -0.25) is 0 Å². The van der Waals surface area contributed by atoms with Gasteiger partial charge < -0.3 is 0 Å². The average molecular weight is 239 g/mol. The van der Waals surface area contributed by atoms with Crippen LogP contribution in [0.25, 0.3) is 0 Å². The number of hydrogen-bond acceptors (Lipinski definition) is 3. The van der Waals surface area contributed by atoms with Crippen molar-refractivity contribution in [2.75, 3.05) is 0 Å². The molecule has 0 aliphatic heterocycles. The normalized spacial score (nSPS) is 16.3. The summed E-state index contributed by atoms with van der Waals surface area (Å²) >= 11 is 0. The zero-order valence-electron chi connectivity index (χ0n) is 9.18. The van der Waals surface area contributed by atoms with Crippen molar-refractivity contribution in [2.24, 2.45) is 0 Å². The zero-order chi connectivity index (χ0) is 11.6. The van der Waals surface area contributed by atoms with Crippen molar-refractivity contribution in [1.82, 2.24) is 9.71 Å². The first-order valence-electron chi connectivity index (χ1n) is 5.43. The van der Waals surface area contributed by atoms with E-state index in [1.54, 1.807) is 18.3 Å². The summed E-state index contributed by atoms with van der Waals surface area (Å²) in [6, 6.07) is 3.44. The number of nitrogens with one attached hydrogen (secondary N) is 1. The van der Waals surface area contributed by atoms with Crippen LogP contribution in [0, 0.1) is 6.42 Å². The third-order valence-electron chi connectivity index (χ3n) is 2.37. The van der Waals surface area contributed by atoms with Gasteiger partial charge in [0.1, 0.15) is 0 Å². The van der Waals surface area contributed by atoms with Crippen molar-refractivity contribution in [2.45, 2.75) is 37.3 Å². The van der Waals surface area contributed by atoms with Crippen LogP contribution in [0.5, 0.6) is 0 Å². The number of hydrogen-bond donors (Lipinski definition) is 1. The number of sulfonamides is 1. The second-order valence-corrected chi connectivity index (χ2v) is 5.60. The molecule has 1 aromatic rings. The molecule has 0 atom stereocenters. The van der Waals surface area contributed by atoms with E-state index < -0.39 is 10.0 Å². The van der Waals surface area contributed by atoms with Gasteiger partial charge in [0.15, 0.2) is 5.03 Å². The standard InChI is InChI=1S/C11H15N2O2S/c1-2-3-9-4-7-11(12-8-9)16(14,15)13-10-5-6-10/h3-4,7-8,10,13H,2,5-6H2,1H3. The summed E-state index contributed by atoms with van der Waals surface area (Å²) in [5, 5.41) is 0.104. The lowest BCUT2D eigenvalue weighted by atomic mass is 10.2. The Morgan fingerprint density at radius 1 is 1.50 bits per heavy atom. The van der Waals surface area contributed by atoms with E-state index in [4.69, 9.17) is 0 Å². The van der Waals surface area contributed by atoms with Gasteiger partial charge in [0, 0.05) is 12.2 Å². The molecule has 1 heterocycles. The van der Waals surface area contributed by atoms with Crippen molar-refractivity contribution in [3.8, 4) is 0 Å². The van der Waals surface area contributed by atoms with Crippen molar-refractivity contribution < 1.29 is 8.42 Å². The van der Waals surface area contributed by atoms with Gasteiger partial charge in [0.2, 0.25) is 0 Å². The van der Waals surface area contributed by atoms with Crippen molar-refractivity contribution in [3.05, 3.63) is 30.3 Å². The second kappa shape index (κ2) is 4.51. The van der Waals surface area contributed by atoms with E-state index >= 15 is 0 Å². The highest BCUT2D eigenvalue weighted by Crippen LogP contribution is 2.21. The van der Waals surface area contributed by atoms with Crippen molar-refractivity contribution in [3.63, 3.8) is 0 Å². The minimum Gasteiger partial charge on any atom is -0.243 e. The van der Waals surface area contributed by atoms with E-state index in [9.17, 15) is 8.42 Å². The largest absolute Gasteiger partial charge is 0.258 e. The Labute approximate surface area is 96.1 Å². The molecule has 1 fully saturated rings. The summed E-state index contributed by atoms with van der Waals surface area (Å²) in [6.45, 7) is 2.03. The summed E-state index contributed by atoms with van der Waals surface area (Å²) < 4.78 is 26.1. The topological polar surface area (TPSA) is 59.1 Å². The highest BCUT2D eigenvalue weighted by atomic mass is 32.2. The lowest BCUT2D eigenvalue weighted by Gasteiger charge is -2.05. The number of nitrogens with zero attached hydrogens (tertiary/aromatic N) is 1. The summed E-state index contributed by atoms with van der Waals surface area (Å²) in [5.74, 6) is 0. The molecule has 0 bridgehead atoms. The van der Waals surface area contributed by atoms with E-state index in [2.05, 4.69) is 9.71 Å². The third kappa shape index (κ3) is 2.80. The first-order chi connectivity index (χ1) is 7.62. The van der Waals surface area contributed by atoms with Crippen LogP contribution in [0.4, 0.5) is 0 Å². The predicted octanol–water partition coefficient (Wildman–Crippen LogP) is 1.48. The molecule has 87 valence electrons. The molecule has 1 radical (unpaired) electrons. The highest BCUT2D eigenvalue weighted by molar-refractivity contribution is 7.89. The first-order valence-corrected chi connectivity index (χ1v) is 6.92. The number of aromatic nitrogens is 1. The molecule has 5 heteroatoms. The molecule has 1 aliphatic rings. The Bertz CT molecular complexity index is 449. The van der Waals surface area contributed by atoms with E-state index in [0.717, 1.165) is 24.8 Å². The highest BCUT2D eigenvalue weighted by Gasteiger charge is 2.28. The van der Waals surface area contributed by atoms with Gasteiger partial charge in [-0.15, -0.1) is 0 Å². The average Bonchev–Trinajstić information content (AvgIpc) is 3.02. The van der Waals surface area contributed by atoms with Gasteiger partial charge in [-0.25, -0.2) is 18.1 Å². The van der Waals surface area contributed by atoms with Crippen molar-refractivity contribution >= 4 is 10.0 Å². The molecule has 2 rings (SSSR count). The summed E-state index contributed by atoms with van der Waals surface area (Å²) in [5.41, 5.74) is 0.952. The maximum atomic E-state index is 11.8. The van der Waals surface area contributed by atoms with Gasteiger partial charge in [-0.2, -0.15) is 0 Å². The van der Waals surface area contributed by atoms with Crippen LogP contribution < -0.4 is 4.72 Å². The van der Waals surface area contributed by atoms with Crippen molar-refractivity contribution in [1.29, 1.82) is 0 Å². The predicted molar refractivity (Wildman–Crippen MR) is 61.3 cm³/mol. The molecule has 1 N–H and O–H groups in total. The number of pyridine rings is 1. The Morgan fingerprint density at radius 3 is 2.75 bits per heavy atom. The second-order valence-electron chi connectivity index (χ2n) is 3.94. The molecular weight excluding hydrogens is 224 g/mol. The lowest BCUT2D eigenvalue weighted by molar-refractivity contribution is 0.577. The summed E-state index contributed by atoms with van der Waals surface area (Å²) in [4.78, 5) is 3.97. The minimum absolute atomic E-state index is 0.104. The van der Waals surface area contributed by atoms with Crippen LogP contribution >= 0.6 is 0 Å². The fourth-order valence-electron chi connectivity index (χ4n) is 1.39. The Balaban J connectivity index is 2.13. The fraction of sp³-hybridized carbons (Fsp3) is 0.455. The van der Waals surface area contributed by atoms with Crippen LogP contribution in [-0.2, 0) is 10.0 Å². The molecule has 16 heavy (non-hydrogen) atoms. The fourth-order valence-corrected chi connectivity index (χ4v) is 2.62. The molecule has 0 amide bonds. The number of rotatable bonds is 5. The molecule has 1 saturated carbocycles. The van der Waals surface area contributed by atoms with Gasteiger partial charge in [0.25, 0.3) is 10.0 Å². The molecule has 0 unspecified atom stereocenters. The maximum absolute atomic E-state index is 11.8. The van der Waals surface area contributed by atoms with Crippen LogP contribution in [0.2, 0.25) is 0 Å². The molecule has 0 aromatic carbocycles. The monoisotopic (exact) mass is 239 g/mol. The van der Waals surface area contributed by atoms with Gasteiger partial charge in [0.05, 0.1) is 0 Å².